The molecular formula is C10H5F4N2O-. The van der Waals surface area contributed by atoms with Gasteiger partial charge in [0, 0.05) is 11.3 Å². The molecule has 0 unspecified atom stereocenters. The standard InChI is InChI=1S/C10H5F4N2O/c1-4-2-7(15-16(4)17)5-3-6(11)9(13)10(14)8(5)12/h2-3H,1H3/q-1. The molecule has 0 spiro atoms. The highest BCUT2D eigenvalue weighted by atomic mass is 19.2. The summed E-state index contributed by atoms with van der Waals surface area (Å²) in [6.07, 6.45) is 0. The molecule has 3 nitrogen and oxygen atoms in total. The Hall–Kier alpha value is -2.05. The normalized spacial score (nSPS) is 10.9. The molecular weight excluding hydrogens is 240 g/mol. The van der Waals surface area contributed by atoms with Crippen molar-refractivity contribution >= 4 is 0 Å². The van der Waals surface area contributed by atoms with Gasteiger partial charge in [0.05, 0.1) is 5.69 Å². The molecule has 1 heterocycles. The molecule has 0 aliphatic carbocycles. The van der Waals surface area contributed by atoms with Crippen LogP contribution in [0.15, 0.2) is 12.1 Å². The van der Waals surface area contributed by atoms with Crippen LogP contribution >= 0.6 is 0 Å². The maximum atomic E-state index is 13.3. The molecule has 0 amide bonds. The monoisotopic (exact) mass is 245 g/mol. The van der Waals surface area contributed by atoms with E-state index in [1.807, 2.05) is 0 Å². The number of nitrogens with zero attached hydrogens (tertiary/aromatic N) is 2. The number of rotatable bonds is 1. The van der Waals surface area contributed by atoms with E-state index in [2.05, 4.69) is 5.10 Å². The highest BCUT2D eigenvalue weighted by Crippen LogP contribution is 2.27. The minimum absolute atomic E-state index is 0.129. The van der Waals surface area contributed by atoms with E-state index in [-0.39, 0.29) is 16.2 Å². The van der Waals surface area contributed by atoms with E-state index >= 15 is 0 Å². The van der Waals surface area contributed by atoms with Gasteiger partial charge in [-0.3, -0.25) is 4.85 Å². The summed E-state index contributed by atoms with van der Waals surface area (Å²) in [5.74, 6) is -6.96. The second-order valence-corrected chi connectivity index (χ2v) is 3.39. The summed E-state index contributed by atoms with van der Waals surface area (Å²) in [7, 11) is 0. The maximum Gasteiger partial charge on any atom is 0.198 e. The molecule has 0 bridgehead atoms. The largest absolute Gasteiger partial charge is 0.790 e. The maximum absolute atomic E-state index is 13.3. The van der Waals surface area contributed by atoms with Crippen LogP contribution in [0, 0.1) is 35.4 Å². The third-order valence-electron chi connectivity index (χ3n) is 2.22. The van der Waals surface area contributed by atoms with E-state index in [0.717, 1.165) is 6.07 Å². The molecule has 0 fully saturated rings. The molecule has 0 atom stereocenters. The van der Waals surface area contributed by atoms with Crippen molar-refractivity contribution < 1.29 is 17.6 Å². The Bertz CT molecular complexity index is 575. The van der Waals surface area contributed by atoms with E-state index in [9.17, 15) is 22.8 Å². The Kier molecular flexibility index (Phi) is 2.53. The zero-order valence-electron chi connectivity index (χ0n) is 8.47. The average molecular weight is 245 g/mol. The molecule has 2 aromatic rings. The first-order valence-electron chi connectivity index (χ1n) is 4.49. The first-order valence-corrected chi connectivity index (χ1v) is 4.49. The fourth-order valence-electron chi connectivity index (χ4n) is 1.35. The Labute approximate surface area is 92.9 Å². The fourth-order valence-corrected chi connectivity index (χ4v) is 1.35. The minimum atomic E-state index is -1.93. The Morgan fingerprint density at radius 1 is 1.06 bits per heavy atom. The summed E-state index contributed by atoms with van der Waals surface area (Å²) in [6, 6.07) is 1.59. The lowest BCUT2D eigenvalue weighted by Crippen LogP contribution is -1.99. The SMILES string of the molecule is Cc1cc(-c2cc(F)c(F)c(F)c2F)nn1[O-]. The summed E-state index contributed by atoms with van der Waals surface area (Å²) in [4.78, 5) is 0.175. The quantitative estimate of drug-likeness (QED) is 0.440. The van der Waals surface area contributed by atoms with Crippen LogP contribution in [0.3, 0.4) is 0 Å². The number of hydrogen-bond acceptors (Lipinski definition) is 2. The number of aromatic nitrogens is 2. The molecule has 0 saturated carbocycles. The highest BCUT2D eigenvalue weighted by Gasteiger charge is 2.21. The van der Waals surface area contributed by atoms with Crippen LogP contribution in [-0.2, 0) is 0 Å². The average Bonchev–Trinajstić information content (AvgIpc) is 2.61. The summed E-state index contributed by atoms with van der Waals surface area (Å²) in [6.45, 7) is 1.39. The van der Waals surface area contributed by atoms with Crippen molar-refractivity contribution in [1.82, 2.24) is 9.94 Å². The van der Waals surface area contributed by atoms with Crippen molar-refractivity contribution in [3.8, 4) is 11.3 Å². The van der Waals surface area contributed by atoms with Crippen LogP contribution in [0.2, 0.25) is 0 Å². The van der Waals surface area contributed by atoms with E-state index < -0.39 is 28.8 Å². The summed E-state index contributed by atoms with van der Waals surface area (Å²) >= 11 is 0. The van der Waals surface area contributed by atoms with Crippen LogP contribution in [0.25, 0.3) is 11.3 Å². The predicted molar refractivity (Wildman–Crippen MR) is 51.0 cm³/mol. The third-order valence-corrected chi connectivity index (χ3v) is 2.22. The van der Waals surface area contributed by atoms with E-state index in [1.54, 1.807) is 0 Å². The molecule has 2 rings (SSSR count). The van der Waals surface area contributed by atoms with Gasteiger partial charge in [-0.1, -0.05) is 0 Å². The topological polar surface area (TPSA) is 40.9 Å². The highest BCUT2D eigenvalue weighted by molar-refractivity contribution is 5.60. The molecule has 1 aromatic heterocycles. The fraction of sp³-hybridized carbons (Fsp3) is 0.100. The van der Waals surface area contributed by atoms with Gasteiger partial charge in [-0.15, -0.1) is 0 Å². The Balaban J connectivity index is 2.68. The summed E-state index contributed by atoms with van der Waals surface area (Å²) < 4.78 is 51.9. The van der Waals surface area contributed by atoms with Crippen molar-refractivity contribution in [3.63, 3.8) is 0 Å². The Morgan fingerprint density at radius 3 is 2.24 bits per heavy atom. The first-order chi connectivity index (χ1) is 7.91. The Morgan fingerprint density at radius 2 is 1.71 bits per heavy atom. The second kappa shape index (κ2) is 3.76. The molecule has 0 aliphatic heterocycles. The summed E-state index contributed by atoms with van der Waals surface area (Å²) in [5, 5.41) is 14.3. The molecule has 0 aliphatic rings. The lowest BCUT2D eigenvalue weighted by atomic mass is 10.1. The summed E-state index contributed by atoms with van der Waals surface area (Å²) in [5.41, 5.74) is -0.726. The molecule has 0 N–H and O–H groups in total. The molecule has 0 saturated heterocycles. The lowest BCUT2D eigenvalue weighted by Gasteiger charge is -2.05. The zero-order chi connectivity index (χ0) is 12.7. The van der Waals surface area contributed by atoms with Gasteiger partial charge in [0.25, 0.3) is 0 Å². The third kappa shape index (κ3) is 1.73. The van der Waals surface area contributed by atoms with Gasteiger partial charge >= 0.3 is 0 Å². The second-order valence-electron chi connectivity index (χ2n) is 3.39. The van der Waals surface area contributed by atoms with Crippen LogP contribution in [0.1, 0.15) is 5.69 Å². The van der Waals surface area contributed by atoms with Crippen LogP contribution in [0.4, 0.5) is 17.6 Å². The molecule has 0 radical (unpaired) electrons. The van der Waals surface area contributed by atoms with Gasteiger partial charge in [-0.05, 0) is 19.1 Å². The van der Waals surface area contributed by atoms with Crippen molar-refractivity contribution in [3.05, 3.63) is 46.3 Å². The number of halogens is 4. The first kappa shape index (κ1) is 11.4. The van der Waals surface area contributed by atoms with Crippen LogP contribution in [0.5, 0.6) is 0 Å². The smallest absolute Gasteiger partial charge is 0.198 e. The van der Waals surface area contributed by atoms with Gasteiger partial charge in [0.2, 0.25) is 0 Å². The van der Waals surface area contributed by atoms with Crippen molar-refractivity contribution in [2.75, 3.05) is 0 Å². The number of aryl methyl sites for hydroxylation is 1. The van der Waals surface area contributed by atoms with Crippen molar-refractivity contribution in [1.29, 1.82) is 0 Å². The van der Waals surface area contributed by atoms with Crippen molar-refractivity contribution in [2.24, 2.45) is 0 Å². The van der Waals surface area contributed by atoms with Gasteiger partial charge in [0.1, 0.15) is 0 Å². The lowest BCUT2D eigenvalue weighted by molar-refractivity contribution is 0.410. The van der Waals surface area contributed by atoms with E-state index in [1.165, 1.54) is 6.92 Å². The molecule has 17 heavy (non-hydrogen) atoms. The molecule has 7 heteroatoms. The van der Waals surface area contributed by atoms with Gasteiger partial charge < -0.3 is 5.21 Å². The number of benzene rings is 1. The number of hydrogen-bond donors (Lipinski definition) is 0. The van der Waals surface area contributed by atoms with E-state index in [4.69, 9.17) is 0 Å². The molecule has 1 aromatic carbocycles. The zero-order valence-corrected chi connectivity index (χ0v) is 8.47. The van der Waals surface area contributed by atoms with Crippen LogP contribution < -0.4 is 0 Å². The predicted octanol–water partition coefficient (Wildman–Crippen LogP) is 2.76. The minimum Gasteiger partial charge on any atom is -0.790 e. The van der Waals surface area contributed by atoms with Gasteiger partial charge in [-0.2, -0.15) is 5.10 Å². The molecule has 90 valence electrons. The van der Waals surface area contributed by atoms with Crippen LogP contribution in [-0.4, -0.2) is 9.94 Å². The van der Waals surface area contributed by atoms with E-state index in [0.29, 0.717) is 6.07 Å². The van der Waals surface area contributed by atoms with Gasteiger partial charge in [-0.25, -0.2) is 17.6 Å². The van der Waals surface area contributed by atoms with Crippen molar-refractivity contribution in [2.45, 2.75) is 6.92 Å². The van der Waals surface area contributed by atoms with Gasteiger partial charge in [0.15, 0.2) is 23.3 Å².